The number of likely N-dealkylation sites (tertiary alicyclic amines) is 1. The van der Waals surface area contributed by atoms with Crippen molar-refractivity contribution in [1.82, 2.24) is 15.2 Å². The summed E-state index contributed by atoms with van der Waals surface area (Å²) in [7, 11) is 0. The fourth-order valence-electron chi connectivity index (χ4n) is 5.15. The number of fused-ring (bicyclic) bond motifs is 1. The van der Waals surface area contributed by atoms with E-state index in [-0.39, 0.29) is 35.9 Å². The summed E-state index contributed by atoms with van der Waals surface area (Å²) in [6.45, 7) is 11.2. The number of piperidine rings is 1. The summed E-state index contributed by atoms with van der Waals surface area (Å²) in [5.74, 6) is -0.151. The number of thiazole rings is 1. The molecule has 214 valence electrons. The first-order valence-corrected chi connectivity index (χ1v) is 15.8. The molecule has 39 heavy (non-hydrogen) atoms. The maximum atomic E-state index is 13.5. The second kappa shape index (κ2) is 16.0. The summed E-state index contributed by atoms with van der Waals surface area (Å²) in [4.78, 5) is 45.7. The van der Waals surface area contributed by atoms with Gasteiger partial charge >= 0.3 is 0 Å². The molecule has 1 N–H and O–H groups in total. The summed E-state index contributed by atoms with van der Waals surface area (Å²) in [6.07, 6.45) is 11.4. The van der Waals surface area contributed by atoms with E-state index in [0.717, 1.165) is 47.7 Å². The number of Topliss-reactive ketones (excluding diaryl/α,β-unsaturated/α-hetero) is 1. The van der Waals surface area contributed by atoms with Crippen LogP contribution < -0.4 is 5.32 Å². The van der Waals surface area contributed by atoms with E-state index in [1.807, 2.05) is 19.1 Å². The molecular formula is C32H47N3O3S. The molecule has 0 aliphatic carbocycles. The lowest BCUT2D eigenvalue weighted by Crippen LogP contribution is -2.43. The predicted molar refractivity (Wildman–Crippen MR) is 161 cm³/mol. The van der Waals surface area contributed by atoms with Crippen LogP contribution in [0.3, 0.4) is 0 Å². The third-order valence-electron chi connectivity index (χ3n) is 8.04. The summed E-state index contributed by atoms with van der Waals surface area (Å²) < 4.78 is 1.12. The summed E-state index contributed by atoms with van der Waals surface area (Å²) >= 11 is 1.61. The molecule has 1 saturated heterocycles. The molecule has 1 aliphatic heterocycles. The lowest BCUT2D eigenvalue weighted by Gasteiger charge is -2.26. The highest BCUT2D eigenvalue weighted by atomic mass is 32.1. The van der Waals surface area contributed by atoms with Crippen LogP contribution in [-0.2, 0) is 27.2 Å². The molecule has 0 radical (unpaired) electrons. The average Bonchev–Trinajstić information content (AvgIpc) is 3.36. The van der Waals surface area contributed by atoms with Crippen LogP contribution in [0.15, 0.2) is 30.4 Å². The molecule has 3 rings (SSSR count). The van der Waals surface area contributed by atoms with Gasteiger partial charge in [-0.25, -0.2) is 4.98 Å². The number of aryl methyl sites for hydroxylation is 1. The number of aromatic nitrogens is 1. The average molecular weight is 554 g/mol. The van der Waals surface area contributed by atoms with Gasteiger partial charge in [0.05, 0.1) is 21.1 Å². The molecule has 2 heterocycles. The van der Waals surface area contributed by atoms with Gasteiger partial charge in [0.1, 0.15) is 5.78 Å². The van der Waals surface area contributed by atoms with E-state index in [1.165, 1.54) is 24.8 Å². The zero-order chi connectivity index (χ0) is 28.2. The van der Waals surface area contributed by atoms with Crippen LogP contribution >= 0.6 is 11.3 Å². The molecule has 0 unspecified atom stereocenters. The maximum absolute atomic E-state index is 13.5. The Morgan fingerprint density at radius 3 is 2.59 bits per heavy atom. The van der Waals surface area contributed by atoms with Crippen LogP contribution in [0.4, 0.5) is 0 Å². The molecule has 3 atom stereocenters. The number of carbonyl (C=O) groups is 3. The third kappa shape index (κ3) is 9.95. The number of hydrogen-bond donors (Lipinski definition) is 1. The van der Waals surface area contributed by atoms with E-state index >= 15 is 0 Å². The number of hydrogen-bond acceptors (Lipinski definition) is 6. The number of nitrogens with zero attached hydrogens (tertiary/aromatic N) is 2. The number of rotatable bonds is 16. The number of benzene rings is 1. The summed E-state index contributed by atoms with van der Waals surface area (Å²) in [6, 6.07) is 6.19. The molecule has 0 bridgehead atoms. The standard InChI is InChI=1S/C32H47N3O3S/c1-5-23(4)28(16-14-27(37)12-11-19-35-17-9-8-10-18-35)34-32(38)25(21-26(36)7-3)22-31-33-29-15-13-24(6-2)20-30(29)39-31/h11-13,15,20,23,25,28H,5-10,14,16-19,21-22H2,1-4H3,(H,34,38)/b12-11+/t23-,25-,28+/m0/s1. The topological polar surface area (TPSA) is 79.4 Å². The Labute approximate surface area is 238 Å². The minimum Gasteiger partial charge on any atom is -0.353 e. The van der Waals surface area contributed by atoms with Crippen molar-refractivity contribution >= 4 is 39.0 Å². The van der Waals surface area contributed by atoms with E-state index < -0.39 is 5.92 Å². The van der Waals surface area contributed by atoms with Crippen molar-refractivity contribution in [3.8, 4) is 0 Å². The van der Waals surface area contributed by atoms with Crippen LogP contribution in [-0.4, -0.2) is 53.0 Å². The molecule has 0 spiro atoms. The van der Waals surface area contributed by atoms with E-state index in [4.69, 9.17) is 4.98 Å². The van der Waals surface area contributed by atoms with Crippen LogP contribution in [0, 0.1) is 11.8 Å². The number of amides is 1. The van der Waals surface area contributed by atoms with Gasteiger partial charge in [-0.2, -0.15) is 0 Å². The molecule has 6 nitrogen and oxygen atoms in total. The first kappa shape index (κ1) is 31.2. The quantitative estimate of drug-likeness (QED) is 0.247. The SMILES string of the molecule is CCC(=O)C[C@@H](Cc1nc2ccc(CC)cc2s1)C(=O)N[C@H](CCC(=O)/C=C/CN1CCCCC1)[C@@H](C)CC. The molecule has 1 fully saturated rings. The highest BCUT2D eigenvalue weighted by molar-refractivity contribution is 7.18. The maximum Gasteiger partial charge on any atom is 0.224 e. The number of ketones is 2. The van der Waals surface area contributed by atoms with Crippen LogP contribution in [0.1, 0.15) is 89.6 Å². The second-order valence-electron chi connectivity index (χ2n) is 11.0. The van der Waals surface area contributed by atoms with Crippen molar-refractivity contribution in [2.75, 3.05) is 19.6 Å². The highest BCUT2D eigenvalue weighted by Crippen LogP contribution is 2.27. The Kier molecular flexibility index (Phi) is 12.8. The Morgan fingerprint density at radius 1 is 1.13 bits per heavy atom. The van der Waals surface area contributed by atoms with Crippen LogP contribution in [0.5, 0.6) is 0 Å². The molecule has 2 aromatic rings. The van der Waals surface area contributed by atoms with Crippen molar-refractivity contribution in [3.63, 3.8) is 0 Å². The van der Waals surface area contributed by atoms with Gasteiger partial charge in [-0.05, 0) is 68.5 Å². The van der Waals surface area contributed by atoms with Gasteiger partial charge in [0.2, 0.25) is 5.91 Å². The first-order valence-electron chi connectivity index (χ1n) is 14.9. The van der Waals surface area contributed by atoms with Crippen molar-refractivity contribution in [3.05, 3.63) is 40.9 Å². The molecule has 0 saturated carbocycles. The molecule has 7 heteroatoms. The van der Waals surface area contributed by atoms with E-state index in [9.17, 15) is 14.4 Å². The van der Waals surface area contributed by atoms with Crippen molar-refractivity contribution in [2.24, 2.45) is 11.8 Å². The van der Waals surface area contributed by atoms with E-state index in [2.05, 4.69) is 43.1 Å². The fraction of sp³-hybridized carbons (Fsp3) is 0.625. The van der Waals surface area contributed by atoms with Gasteiger partial charge in [-0.1, -0.05) is 52.7 Å². The van der Waals surface area contributed by atoms with Crippen molar-refractivity contribution in [1.29, 1.82) is 0 Å². The minimum absolute atomic E-state index is 0.0821. The lowest BCUT2D eigenvalue weighted by molar-refractivity contribution is -0.130. The summed E-state index contributed by atoms with van der Waals surface area (Å²) in [5, 5.41) is 4.12. The van der Waals surface area contributed by atoms with Gasteiger partial charge in [0, 0.05) is 38.3 Å². The van der Waals surface area contributed by atoms with E-state index in [0.29, 0.717) is 25.7 Å². The van der Waals surface area contributed by atoms with Crippen molar-refractivity contribution in [2.45, 2.75) is 97.9 Å². The number of allylic oxidation sites excluding steroid dienone is 1. The number of carbonyl (C=O) groups excluding carboxylic acids is 3. The monoisotopic (exact) mass is 553 g/mol. The van der Waals surface area contributed by atoms with E-state index in [1.54, 1.807) is 17.4 Å². The minimum atomic E-state index is -0.463. The fourth-order valence-corrected chi connectivity index (χ4v) is 6.26. The zero-order valence-corrected chi connectivity index (χ0v) is 25.2. The summed E-state index contributed by atoms with van der Waals surface area (Å²) in [5.41, 5.74) is 2.21. The van der Waals surface area contributed by atoms with Crippen LogP contribution in [0.25, 0.3) is 10.2 Å². The van der Waals surface area contributed by atoms with Gasteiger partial charge in [-0.15, -0.1) is 11.3 Å². The normalized spacial score (nSPS) is 16.8. The van der Waals surface area contributed by atoms with Gasteiger partial charge in [0.15, 0.2) is 5.78 Å². The first-order chi connectivity index (χ1) is 18.8. The lowest BCUT2D eigenvalue weighted by atomic mass is 9.91. The largest absolute Gasteiger partial charge is 0.353 e. The Bertz CT molecular complexity index is 1120. The number of nitrogens with one attached hydrogen (secondary N) is 1. The van der Waals surface area contributed by atoms with Crippen molar-refractivity contribution < 1.29 is 14.4 Å². The Morgan fingerprint density at radius 2 is 1.90 bits per heavy atom. The van der Waals surface area contributed by atoms with Gasteiger partial charge in [0.25, 0.3) is 0 Å². The molecule has 1 aromatic heterocycles. The Hall–Kier alpha value is -2.38. The highest BCUT2D eigenvalue weighted by Gasteiger charge is 2.27. The predicted octanol–water partition coefficient (Wildman–Crippen LogP) is 6.31. The molecule has 1 aliphatic rings. The smallest absolute Gasteiger partial charge is 0.224 e. The zero-order valence-electron chi connectivity index (χ0n) is 24.3. The molecular weight excluding hydrogens is 506 g/mol. The molecule has 1 amide bonds. The molecule has 1 aromatic carbocycles. The second-order valence-corrected chi connectivity index (χ2v) is 12.1. The third-order valence-corrected chi connectivity index (χ3v) is 9.08. The van der Waals surface area contributed by atoms with Gasteiger partial charge < -0.3 is 5.32 Å². The van der Waals surface area contributed by atoms with Crippen LogP contribution in [0.2, 0.25) is 0 Å². The van der Waals surface area contributed by atoms with Gasteiger partial charge in [-0.3, -0.25) is 19.3 Å². The Balaban J connectivity index is 1.63.